The number of aromatic amines is 1. The lowest BCUT2D eigenvalue weighted by atomic mass is 10.6. The van der Waals surface area contributed by atoms with Gasteiger partial charge in [0, 0.05) is 17.6 Å². The summed E-state index contributed by atoms with van der Waals surface area (Å²) in [6.45, 7) is 0. The second-order valence-corrected chi connectivity index (χ2v) is 1.55. The molecule has 3 heteroatoms. The predicted octanol–water partition coefficient (Wildman–Crippen LogP) is 0.839. The van der Waals surface area contributed by atoms with Gasteiger partial charge in [0.25, 0.3) is 0 Å². The summed E-state index contributed by atoms with van der Waals surface area (Å²) in [4.78, 5) is 6.69. The lowest BCUT2D eigenvalue weighted by molar-refractivity contribution is 1.23. The number of imidazole rings is 1. The molecule has 1 heterocycles. The zero-order valence-electron chi connectivity index (χ0n) is 3.76. The Morgan fingerprint density at radius 3 is 3.00 bits per heavy atom. The van der Waals surface area contributed by atoms with Crippen molar-refractivity contribution < 1.29 is 0 Å². The van der Waals surface area contributed by atoms with Gasteiger partial charge in [0.1, 0.15) is 0 Å². The van der Waals surface area contributed by atoms with Crippen LogP contribution >= 0.6 is 12.6 Å². The molecule has 1 aromatic heterocycles. The largest absolute Gasteiger partial charge is 0.348 e. The van der Waals surface area contributed by atoms with Gasteiger partial charge in [-0.05, 0) is 0 Å². The Hall–Kier alpha value is -0.440. The highest BCUT2D eigenvalue weighted by Gasteiger charge is 1.82. The molecule has 0 bridgehead atoms. The summed E-state index contributed by atoms with van der Waals surface area (Å²) in [5, 5.41) is 0. The first-order valence-corrected chi connectivity index (χ1v) is 2.65. The van der Waals surface area contributed by atoms with E-state index >= 15 is 0 Å². The van der Waals surface area contributed by atoms with E-state index in [1.165, 1.54) is 0 Å². The molecule has 0 amide bonds. The fourth-order valence-electron chi connectivity index (χ4n) is 0.371. The molecule has 0 aromatic carbocycles. The summed E-state index contributed by atoms with van der Waals surface area (Å²) in [7, 11) is 0. The molecule has 0 saturated heterocycles. The fraction of sp³-hybridized carbons (Fsp3) is 0.250. The van der Waals surface area contributed by atoms with E-state index in [1.54, 1.807) is 12.5 Å². The van der Waals surface area contributed by atoms with E-state index in [0.717, 1.165) is 11.4 Å². The van der Waals surface area contributed by atoms with E-state index in [9.17, 15) is 0 Å². The van der Waals surface area contributed by atoms with Gasteiger partial charge in [-0.1, -0.05) is 0 Å². The van der Waals surface area contributed by atoms with Crippen molar-refractivity contribution in [3.63, 3.8) is 0 Å². The lowest BCUT2D eigenvalue weighted by Gasteiger charge is -1.78. The van der Waals surface area contributed by atoms with E-state index in [1.807, 2.05) is 0 Å². The summed E-state index contributed by atoms with van der Waals surface area (Å²) in [5.41, 5.74) is 1.06. The average molecular weight is 114 g/mol. The number of aromatic nitrogens is 2. The second-order valence-electron chi connectivity index (χ2n) is 1.23. The molecule has 1 N–H and O–H groups in total. The number of H-pyrrole nitrogens is 1. The van der Waals surface area contributed by atoms with Crippen LogP contribution in [0.5, 0.6) is 0 Å². The Kier molecular flexibility index (Phi) is 1.36. The number of thiol groups is 1. The molecule has 7 heavy (non-hydrogen) atoms. The standard InChI is InChI=1S/C4H6N2S/c7-2-4-1-5-3-6-4/h1,3,7H,2H2,(H,5,6). The molecule has 0 atom stereocenters. The summed E-state index contributed by atoms with van der Waals surface area (Å²) in [6.07, 6.45) is 3.40. The molecule has 0 aliphatic carbocycles. The van der Waals surface area contributed by atoms with E-state index in [4.69, 9.17) is 0 Å². The van der Waals surface area contributed by atoms with Crippen molar-refractivity contribution in [2.75, 3.05) is 0 Å². The van der Waals surface area contributed by atoms with Crippen LogP contribution in [0.25, 0.3) is 0 Å². The quantitative estimate of drug-likeness (QED) is 0.520. The van der Waals surface area contributed by atoms with Crippen LogP contribution in [0, 0.1) is 0 Å². The average Bonchev–Trinajstić information content (AvgIpc) is 2.14. The fourth-order valence-corrected chi connectivity index (χ4v) is 0.544. The van der Waals surface area contributed by atoms with Crippen molar-refractivity contribution in [1.82, 2.24) is 9.97 Å². The Morgan fingerprint density at radius 1 is 1.86 bits per heavy atom. The molecule has 0 spiro atoms. The van der Waals surface area contributed by atoms with Gasteiger partial charge < -0.3 is 4.98 Å². The maximum Gasteiger partial charge on any atom is 0.0921 e. The Balaban J connectivity index is 2.76. The normalized spacial score (nSPS) is 9.29. The van der Waals surface area contributed by atoms with E-state index in [0.29, 0.717) is 0 Å². The number of hydrogen-bond donors (Lipinski definition) is 2. The molecular formula is C4H6N2S. The van der Waals surface area contributed by atoms with Crippen molar-refractivity contribution in [3.05, 3.63) is 18.2 Å². The molecule has 0 aliphatic rings. The summed E-state index contributed by atoms with van der Waals surface area (Å²) >= 11 is 4.00. The van der Waals surface area contributed by atoms with Crippen LogP contribution in [0.2, 0.25) is 0 Å². The van der Waals surface area contributed by atoms with Crippen molar-refractivity contribution in [2.45, 2.75) is 5.75 Å². The molecule has 0 aliphatic heterocycles. The Bertz CT molecular complexity index is 124. The van der Waals surface area contributed by atoms with Crippen LogP contribution in [0.1, 0.15) is 5.69 Å². The first-order valence-electron chi connectivity index (χ1n) is 2.01. The zero-order chi connectivity index (χ0) is 5.11. The maximum absolute atomic E-state index is 4.00. The van der Waals surface area contributed by atoms with Gasteiger partial charge >= 0.3 is 0 Å². The maximum atomic E-state index is 4.00. The summed E-state index contributed by atoms with van der Waals surface area (Å²) in [5.74, 6) is 0.736. The summed E-state index contributed by atoms with van der Waals surface area (Å²) < 4.78 is 0. The predicted molar refractivity (Wildman–Crippen MR) is 31.3 cm³/mol. The minimum absolute atomic E-state index is 0.736. The van der Waals surface area contributed by atoms with Gasteiger partial charge in [-0.15, -0.1) is 0 Å². The van der Waals surface area contributed by atoms with Crippen LogP contribution in [-0.2, 0) is 5.75 Å². The monoisotopic (exact) mass is 114 g/mol. The SMILES string of the molecule is SCc1cnc[nH]1. The topological polar surface area (TPSA) is 28.7 Å². The second kappa shape index (κ2) is 2.02. The van der Waals surface area contributed by atoms with Gasteiger partial charge in [-0.2, -0.15) is 12.6 Å². The highest BCUT2D eigenvalue weighted by atomic mass is 32.1. The summed E-state index contributed by atoms with van der Waals surface area (Å²) in [6, 6.07) is 0. The highest BCUT2D eigenvalue weighted by molar-refractivity contribution is 7.79. The number of nitrogens with zero attached hydrogens (tertiary/aromatic N) is 1. The minimum Gasteiger partial charge on any atom is -0.348 e. The number of hydrogen-bond acceptors (Lipinski definition) is 2. The van der Waals surface area contributed by atoms with Crippen molar-refractivity contribution in [2.24, 2.45) is 0 Å². The van der Waals surface area contributed by atoms with Crippen LogP contribution < -0.4 is 0 Å². The lowest BCUT2D eigenvalue weighted by Crippen LogP contribution is -1.70. The van der Waals surface area contributed by atoms with Crippen molar-refractivity contribution in [3.8, 4) is 0 Å². The molecule has 0 fully saturated rings. The van der Waals surface area contributed by atoms with Crippen LogP contribution in [0.4, 0.5) is 0 Å². The smallest absolute Gasteiger partial charge is 0.0921 e. The van der Waals surface area contributed by atoms with Gasteiger partial charge in [0.2, 0.25) is 0 Å². The molecule has 2 nitrogen and oxygen atoms in total. The first-order chi connectivity index (χ1) is 3.43. The van der Waals surface area contributed by atoms with Crippen molar-refractivity contribution in [1.29, 1.82) is 0 Å². The van der Waals surface area contributed by atoms with Gasteiger partial charge in [-0.25, -0.2) is 4.98 Å². The molecular weight excluding hydrogens is 108 g/mol. The first kappa shape index (κ1) is 4.71. The van der Waals surface area contributed by atoms with Gasteiger partial charge in [0.05, 0.1) is 6.33 Å². The van der Waals surface area contributed by atoms with E-state index in [2.05, 4.69) is 22.6 Å². The molecule has 0 saturated carbocycles. The number of rotatable bonds is 1. The van der Waals surface area contributed by atoms with Crippen molar-refractivity contribution >= 4 is 12.6 Å². The van der Waals surface area contributed by atoms with Crippen LogP contribution in [0.15, 0.2) is 12.5 Å². The Morgan fingerprint density at radius 2 is 2.71 bits per heavy atom. The molecule has 1 aromatic rings. The van der Waals surface area contributed by atoms with Crippen LogP contribution in [0.3, 0.4) is 0 Å². The molecule has 0 unspecified atom stereocenters. The third-order valence-corrected chi connectivity index (χ3v) is 1.07. The molecule has 38 valence electrons. The van der Waals surface area contributed by atoms with E-state index < -0.39 is 0 Å². The van der Waals surface area contributed by atoms with E-state index in [-0.39, 0.29) is 0 Å². The Labute approximate surface area is 47.4 Å². The molecule has 1 rings (SSSR count). The minimum atomic E-state index is 0.736. The zero-order valence-corrected chi connectivity index (χ0v) is 4.65. The van der Waals surface area contributed by atoms with Crippen LogP contribution in [-0.4, -0.2) is 9.97 Å². The molecule has 0 radical (unpaired) electrons. The highest BCUT2D eigenvalue weighted by Crippen LogP contribution is 1.92. The van der Waals surface area contributed by atoms with Gasteiger partial charge in [-0.3, -0.25) is 0 Å². The van der Waals surface area contributed by atoms with Gasteiger partial charge in [0.15, 0.2) is 0 Å². The third-order valence-electron chi connectivity index (χ3n) is 0.725. The number of nitrogens with one attached hydrogen (secondary N) is 1. The third kappa shape index (κ3) is 0.962.